The molecular weight excluding hydrogens is 198 g/mol. The third kappa shape index (κ3) is 2.81. The highest BCUT2D eigenvalue weighted by molar-refractivity contribution is 7.80. The largest absolute Gasteiger partial charge is 0.481 e. The zero-order valence-corrected chi connectivity index (χ0v) is 8.58. The lowest BCUT2D eigenvalue weighted by atomic mass is 10.2. The molecule has 2 rings (SSSR count). The second-order valence-corrected chi connectivity index (χ2v) is 3.22. The van der Waals surface area contributed by atoms with E-state index in [0.717, 1.165) is 17.3 Å². The number of hydrogen-bond donors (Lipinski definition) is 3. The third-order valence-corrected chi connectivity index (χ3v) is 1.94. The molecule has 2 aromatic rings. The van der Waals surface area contributed by atoms with E-state index in [-0.39, 0.29) is 0 Å². The summed E-state index contributed by atoms with van der Waals surface area (Å²) in [5.41, 5.74) is 1.15. The third-order valence-electron chi connectivity index (χ3n) is 1.57. The molecule has 0 unspecified atom stereocenters. The standard InChI is InChI=1S/C8H7NS.C2H4O2/c10-8-5-9-7-4-2-1-3-6(7)8;1-2(3)4/h1-5,9-10H;1H3,(H,3,4). The van der Waals surface area contributed by atoms with Crippen LogP contribution >= 0.6 is 12.6 Å². The average Bonchev–Trinajstić information content (AvgIpc) is 2.48. The lowest BCUT2D eigenvalue weighted by Crippen LogP contribution is -1.78. The minimum Gasteiger partial charge on any atom is -0.481 e. The number of nitrogens with one attached hydrogen (secondary N) is 1. The van der Waals surface area contributed by atoms with Gasteiger partial charge in [0.1, 0.15) is 0 Å². The molecule has 3 nitrogen and oxygen atoms in total. The molecule has 4 heteroatoms. The Morgan fingerprint density at radius 1 is 1.43 bits per heavy atom. The van der Waals surface area contributed by atoms with Crippen molar-refractivity contribution in [3.8, 4) is 0 Å². The Kier molecular flexibility index (Phi) is 3.59. The molecule has 0 amide bonds. The Labute approximate surface area is 87.2 Å². The van der Waals surface area contributed by atoms with E-state index in [2.05, 4.69) is 17.6 Å². The number of para-hydroxylation sites is 1. The molecule has 0 saturated carbocycles. The average molecular weight is 209 g/mol. The molecule has 14 heavy (non-hydrogen) atoms. The molecule has 0 fully saturated rings. The summed E-state index contributed by atoms with van der Waals surface area (Å²) in [6.07, 6.45) is 1.90. The van der Waals surface area contributed by atoms with Gasteiger partial charge >= 0.3 is 0 Å². The molecule has 0 spiro atoms. The maximum atomic E-state index is 9.00. The van der Waals surface area contributed by atoms with E-state index in [1.54, 1.807) is 0 Å². The maximum Gasteiger partial charge on any atom is 0.300 e. The number of H-pyrrole nitrogens is 1. The lowest BCUT2D eigenvalue weighted by molar-refractivity contribution is -0.134. The second-order valence-electron chi connectivity index (χ2n) is 2.74. The Hall–Kier alpha value is -1.42. The molecule has 0 aliphatic carbocycles. The Morgan fingerprint density at radius 3 is 2.57 bits per heavy atom. The van der Waals surface area contributed by atoms with Crippen molar-refractivity contribution in [3.63, 3.8) is 0 Å². The monoisotopic (exact) mass is 209 g/mol. The van der Waals surface area contributed by atoms with E-state index in [9.17, 15) is 0 Å². The molecule has 0 radical (unpaired) electrons. The summed E-state index contributed by atoms with van der Waals surface area (Å²) < 4.78 is 0. The zero-order valence-electron chi connectivity index (χ0n) is 7.69. The topological polar surface area (TPSA) is 53.1 Å². The number of aromatic amines is 1. The van der Waals surface area contributed by atoms with Crippen molar-refractivity contribution in [1.29, 1.82) is 0 Å². The number of hydrogen-bond acceptors (Lipinski definition) is 2. The van der Waals surface area contributed by atoms with Gasteiger partial charge in [0.2, 0.25) is 0 Å². The van der Waals surface area contributed by atoms with Gasteiger partial charge in [-0.05, 0) is 6.07 Å². The summed E-state index contributed by atoms with van der Waals surface area (Å²) in [4.78, 5) is 13.1. The molecule has 0 bridgehead atoms. The van der Waals surface area contributed by atoms with Crippen molar-refractivity contribution in [2.24, 2.45) is 0 Å². The summed E-state index contributed by atoms with van der Waals surface area (Å²) in [6.45, 7) is 1.08. The first-order chi connectivity index (χ1) is 6.61. The van der Waals surface area contributed by atoms with Crippen molar-refractivity contribution in [2.45, 2.75) is 11.8 Å². The SMILES string of the molecule is CC(=O)O.Sc1c[nH]c2ccccc12. The van der Waals surface area contributed by atoms with Crippen LogP contribution in [0, 0.1) is 0 Å². The fourth-order valence-electron chi connectivity index (χ4n) is 1.06. The molecular formula is C10H11NO2S. The van der Waals surface area contributed by atoms with Gasteiger partial charge in [0.05, 0.1) is 0 Å². The van der Waals surface area contributed by atoms with Crippen molar-refractivity contribution in [2.75, 3.05) is 0 Å². The van der Waals surface area contributed by atoms with Crippen LogP contribution in [0.15, 0.2) is 35.4 Å². The summed E-state index contributed by atoms with van der Waals surface area (Å²) in [6, 6.07) is 8.10. The predicted octanol–water partition coefficient (Wildman–Crippen LogP) is 2.55. The van der Waals surface area contributed by atoms with Crippen molar-refractivity contribution in [1.82, 2.24) is 4.98 Å². The Bertz CT molecular complexity index is 432. The fourth-order valence-corrected chi connectivity index (χ4v) is 1.32. The second kappa shape index (κ2) is 4.72. The van der Waals surface area contributed by atoms with Crippen LogP contribution in [0.5, 0.6) is 0 Å². The summed E-state index contributed by atoms with van der Waals surface area (Å²) in [5.74, 6) is -0.833. The highest BCUT2D eigenvalue weighted by Crippen LogP contribution is 2.19. The van der Waals surface area contributed by atoms with E-state index in [0.29, 0.717) is 0 Å². The van der Waals surface area contributed by atoms with Crippen LogP contribution < -0.4 is 0 Å². The maximum absolute atomic E-state index is 9.00. The quantitative estimate of drug-likeness (QED) is 0.584. The van der Waals surface area contributed by atoms with Crippen molar-refractivity contribution < 1.29 is 9.90 Å². The van der Waals surface area contributed by atoms with E-state index < -0.39 is 5.97 Å². The number of carbonyl (C=O) groups is 1. The zero-order chi connectivity index (χ0) is 10.6. The number of rotatable bonds is 0. The van der Waals surface area contributed by atoms with E-state index >= 15 is 0 Å². The molecule has 0 saturated heterocycles. The van der Waals surface area contributed by atoms with Gasteiger partial charge in [-0.2, -0.15) is 0 Å². The first-order valence-electron chi connectivity index (χ1n) is 4.06. The Morgan fingerprint density at radius 2 is 2.00 bits per heavy atom. The smallest absolute Gasteiger partial charge is 0.300 e. The first-order valence-corrected chi connectivity index (χ1v) is 4.50. The Balaban J connectivity index is 0.000000213. The predicted molar refractivity (Wildman–Crippen MR) is 58.9 cm³/mol. The van der Waals surface area contributed by atoms with Crippen LogP contribution in [0.3, 0.4) is 0 Å². The summed E-state index contributed by atoms with van der Waals surface area (Å²) >= 11 is 4.27. The number of benzene rings is 1. The number of aromatic nitrogens is 1. The number of aliphatic carboxylic acids is 1. The number of thiol groups is 1. The molecule has 0 aliphatic rings. The first kappa shape index (κ1) is 10.7. The normalized spacial score (nSPS) is 9.29. The highest BCUT2D eigenvalue weighted by Gasteiger charge is 1.95. The van der Waals surface area contributed by atoms with Gasteiger partial charge in [0.15, 0.2) is 0 Å². The highest BCUT2D eigenvalue weighted by atomic mass is 32.1. The molecule has 1 aromatic heterocycles. The fraction of sp³-hybridized carbons (Fsp3) is 0.100. The van der Waals surface area contributed by atoms with Crippen molar-refractivity contribution >= 4 is 29.5 Å². The van der Waals surface area contributed by atoms with Gasteiger partial charge < -0.3 is 10.1 Å². The van der Waals surface area contributed by atoms with Gasteiger partial charge in [-0.1, -0.05) is 18.2 Å². The van der Waals surface area contributed by atoms with Crippen LogP contribution in [0.25, 0.3) is 10.9 Å². The number of carboxylic acid groups (broad SMARTS) is 1. The van der Waals surface area contributed by atoms with E-state index in [1.807, 2.05) is 30.5 Å². The molecule has 74 valence electrons. The summed E-state index contributed by atoms with van der Waals surface area (Å²) in [5, 5.41) is 8.60. The number of fused-ring (bicyclic) bond motifs is 1. The van der Waals surface area contributed by atoms with Crippen LogP contribution in [0.4, 0.5) is 0 Å². The van der Waals surface area contributed by atoms with E-state index in [4.69, 9.17) is 9.90 Å². The van der Waals surface area contributed by atoms with Gasteiger partial charge in [0.25, 0.3) is 5.97 Å². The van der Waals surface area contributed by atoms with Crippen molar-refractivity contribution in [3.05, 3.63) is 30.5 Å². The minimum atomic E-state index is -0.833. The minimum absolute atomic E-state index is 0.833. The van der Waals surface area contributed by atoms with Crippen LogP contribution in [-0.2, 0) is 4.79 Å². The molecule has 1 aromatic carbocycles. The number of carboxylic acids is 1. The van der Waals surface area contributed by atoms with Gasteiger partial charge in [0, 0.05) is 28.9 Å². The van der Waals surface area contributed by atoms with Crippen LogP contribution in [0.1, 0.15) is 6.92 Å². The van der Waals surface area contributed by atoms with Gasteiger partial charge in [-0.25, -0.2) is 0 Å². The van der Waals surface area contributed by atoms with Gasteiger partial charge in [-0.15, -0.1) is 12.6 Å². The molecule has 0 atom stereocenters. The van der Waals surface area contributed by atoms with Crippen LogP contribution in [0.2, 0.25) is 0 Å². The van der Waals surface area contributed by atoms with E-state index in [1.165, 1.54) is 5.39 Å². The molecule has 1 heterocycles. The lowest BCUT2D eigenvalue weighted by Gasteiger charge is -1.86. The van der Waals surface area contributed by atoms with Gasteiger partial charge in [-0.3, -0.25) is 4.79 Å². The van der Waals surface area contributed by atoms with Crippen LogP contribution in [-0.4, -0.2) is 16.1 Å². The summed E-state index contributed by atoms with van der Waals surface area (Å²) in [7, 11) is 0. The molecule has 0 aliphatic heterocycles. The molecule has 2 N–H and O–H groups in total.